The highest BCUT2D eigenvalue weighted by Crippen LogP contribution is 2.34. The summed E-state index contributed by atoms with van der Waals surface area (Å²) in [6, 6.07) is 11.1. The third-order valence-corrected chi connectivity index (χ3v) is 4.30. The molecule has 0 amide bonds. The molecule has 5 heteroatoms. The van der Waals surface area contributed by atoms with Gasteiger partial charge in [-0.1, -0.05) is 12.1 Å². The van der Waals surface area contributed by atoms with Gasteiger partial charge in [0.05, 0.1) is 10.9 Å². The van der Waals surface area contributed by atoms with Gasteiger partial charge in [0.15, 0.2) is 0 Å². The smallest absolute Gasteiger partial charge is 0.148 e. The van der Waals surface area contributed by atoms with Crippen molar-refractivity contribution < 1.29 is 13.6 Å². The maximum atomic E-state index is 15.0. The Balaban J connectivity index is 2.27. The van der Waals surface area contributed by atoms with Gasteiger partial charge in [-0.2, -0.15) is 5.26 Å². The van der Waals surface area contributed by atoms with Crippen LogP contribution in [0.2, 0.25) is 0 Å². The van der Waals surface area contributed by atoms with Crippen LogP contribution in [-0.2, 0) is 4.79 Å². The molecule has 0 saturated heterocycles. The second kappa shape index (κ2) is 6.85. The van der Waals surface area contributed by atoms with Crippen molar-refractivity contribution in [2.24, 2.45) is 4.99 Å². The summed E-state index contributed by atoms with van der Waals surface area (Å²) in [5.41, 5.74) is 1.46. The van der Waals surface area contributed by atoms with E-state index >= 15 is 0 Å². The predicted molar refractivity (Wildman–Crippen MR) is 95.2 cm³/mol. The summed E-state index contributed by atoms with van der Waals surface area (Å²) in [7, 11) is 0. The van der Waals surface area contributed by atoms with Crippen molar-refractivity contribution in [3.8, 4) is 6.07 Å². The molecule has 0 aliphatic carbocycles. The molecule has 0 N–H and O–H groups in total. The third kappa shape index (κ3) is 2.98. The van der Waals surface area contributed by atoms with Crippen LogP contribution in [0.1, 0.15) is 30.5 Å². The SMILES string of the molecule is C/C(C=O)=C(F)\C(=C(/C)c1ccc2c(c1)=CN=2)c1ccc(C#N)c(F)c1. The fraction of sp³-hybridized carbons (Fsp3) is 0.0952. The van der Waals surface area contributed by atoms with Crippen molar-refractivity contribution in [2.75, 3.05) is 0 Å². The molecule has 1 aliphatic heterocycles. The molecule has 0 aromatic heterocycles. The first-order chi connectivity index (χ1) is 12.5. The number of nitrogens with zero attached hydrogens (tertiary/aromatic N) is 2. The number of fused-ring (bicyclic) bond motifs is 1. The van der Waals surface area contributed by atoms with Crippen LogP contribution in [0.25, 0.3) is 17.3 Å². The van der Waals surface area contributed by atoms with Crippen LogP contribution in [0.3, 0.4) is 0 Å². The minimum Gasteiger partial charge on any atom is -0.298 e. The molecule has 128 valence electrons. The summed E-state index contributed by atoms with van der Waals surface area (Å²) in [5, 5.41) is 10.7. The van der Waals surface area contributed by atoms with Crippen molar-refractivity contribution in [1.82, 2.24) is 0 Å². The van der Waals surface area contributed by atoms with E-state index in [9.17, 15) is 13.6 Å². The number of carbonyl (C=O) groups excluding carboxylic acids is 1. The van der Waals surface area contributed by atoms with Crippen LogP contribution in [0.15, 0.2) is 52.8 Å². The number of aldehydes is 1. The van der Waals surface area contributed by atoms with Crippen molar-refractivity contribution in [3.05, 3.63) is 80.9 Å². The number of rotatable bonds is 4. The summed E-state index contributed by atoms with van der Waals surface area (Å²) in [6.45, 7) is 3.07. The molecule has 0 spiro atoms. The van der Waals surface area contributed by atoms with Crippen molar-refractivity contribution >= 4 is 23.6 Å². The Morgan fingerprint density at radius 2 is 1.88 bits per heavy atom. The molecule has 1 heterocycles. The van der Waals surface area contributed by atoms with Gasteiger partial charge in [0.25, 0.3) is 0 Å². The fourth-order valence-corrected chi connectivity index (χ4v) is 2.74. The molecule has 3 nitrogen and oxygen atoms in total. The maximum absolute atomic E-state index is 15.0. The van der Waals surface area contributed by atoms with Crippen LogP contribution < -0.4 is 10.6 Å². The summed E-state index contributed by atoms with van der Waals surface area (Å²) >= 11 is 0. The highest BCUT2D eigenvalue weighted by Gasteiger charge is 2.17. The van der Waals surface area contributed by atoms with Crippen molar-refractivity contribution in [3.63, 3.8) is 0 Å². The van der Waals surface area contributed by atoms with Gasteiger partial charge in [-0.05, 0) is 54.8 Å². The highest BCUT2D eigenvalue weighted by molar-refractivity contribution is 5.99. The second-order valence-corrected chi connectivity index (χ2v) is 5.95. The molecule has 26 heavy (non-hydrogen) atoms. The molecule has 1 aliphatic rings. The van der Waals surface area contributed by atoms with Gasteiger partial charge in [0.1, 0.15) is 24.0 Å². The number of benzene rings is 2. The van der Waals surface area contributed by atoms with Gasteiger partial charge in [0.2, 0.25) is 0 Å². The van der Waals surface area contributed by atoms with Crippen LogP contribution in [0.5, 0.6) is 0 Å². The van der Waals surface area contributed by atoms with Crippen molar-refractivity contribution in [1.29, 1.82) is 5.26 Å². The predicted octanol–water partition coefficient (Wildman–Crippen LogP) is 3.44. The van der Waals surface area contributed by atoms with Crippen LogP contribution in [0.4, 0.5) is 8.78 Å². The Morgan fingerprint density at radius 3 is 2.42 bits per heavy atom. The number of nitriles is 1. The molecular weight excluding hydrogens is 334 g/mol. The van der Waals surface area contributed by atoms with E-state index in [1.165, 1.54) is 19.1 Å². The quantitative estimate of drug-likeness (QED) is 0.368. The summed E-state index contributed by atoms with van der Waals surface area (Å²) in [4.78, 5) is 15.2. The zero-order valence-corrected chi connectivity index (χ0v) is 14.2. The zero-order chi connectivity index (χ0) is 18.8. The molecule has 0 radical (unpaired) electrons. The normalized spacial score (nSPS) is 13.8. The lowest BCUT2D eigenvalue weighted by Crippen LogP contribution is -2.30. The summed E-state index contributed by atoms with van der Waals surface area (Å²) in [6.07, 6.45) is 2.13. The summed E-state index contributed by atoms with van der Waals surface area (Å²) < 4.78 is 29.0. The first kappa shape index (κ1) is 17.4. The van der Waals surface area contributed by atoms with Gasteiger partial charge in [-0.15, -0.1) is 0 Å². The molecular formula is C21H14F2N2O. The van der Waals surface area contributed by atoms with Gasteiger partial charge in [0, 0.05) is 22.6 Å². The molecule has 2 aromatic rings. The van der Waals surface area contributed by atoms with E-state index in [4.69, 9.17) is 5.26 Å². The van der Waals surface area contributed by atoms with E-state index in [-0.39, 0.29) is 22.3 Å². The summed E-state index contributed by atoms with van der Waals surface area (Å²) in [5.74, 6) is -1.46. The topological polar surface area (TPSA) is 53.2 Å². The Bertz CT molecular complexity index is 1150. The number of hydrogen-bond donors (Lipinski definition) is 0. The second-order valence-electron chi connectivity index (χ2n) is 5.95. The average Bonchev–Trinajstić information content (AvgIpc) is 2.62. The Kier molecular flexibility index (Phi) is 4.59. The van der Waals surface area contributed by atoms with E-state index in [1.807, 2.05) is 12.1 Å². The lowest BCUT2D eigenvalue weighted by Gasteiger charge is -2.14. The molecule has 0 unspecified atom stereocenters. The molecule has 2 aromatic carbocycles. The molecule has 0 atom stereocenters. The third-order valence-electron chi connectivity index (χ3n) is 4.30. The van der Waals surface area contributed by atoms with E-state index in [2.05, 4.69) is 4.99 Å². The minimum atomic E-state index is -0.740. The van der Waals surface area contributed by atoms with Gasteiger partial charge < -0.3 is 0 Å². The first-order valence-corrected chi connectivity index (χ1v) is 7.87. The van der Waals surface area contributed by atoms with Crippen LogP contribution >= 0.6 is 0 Å². The zero-order valence-electron chi connectivity index (χ0n) is 14.2. The van der Waals surface area contributed by atoms with E-state index in [0.717, 1.165) is 22.2 Å². The van der Waals surface area contributed by atoms with Gasteiger partial charge >= 0.3 is 0 Å². The Labute approximate surface area is 148 Å². The Hall–Kier alpha value is -3.39. The highest BCUT2D eigenvalue weighted by atomic mass is 19.1. The van der Waals surface area contributed by atoms with E-state index < -0.39 is 11.6 Å². The maximum Gasteiger partial charge on any atom is 0.148 e. The fourth-order valence-electron chi connectivity index (χ4n) is 2.74. The number of allylic oxidation sites excluding steroid dienone is 4. The first-order valence-electron chi connectivity index (χ1n) is 7.87. The monoisotopic (exact) mass is 348 g/mol. The van der Waals surface area contributed by atoms with Gasteiger partial charge in [-0.3, -0.25) is 9.79 Å². The van der Waals surface area contributed by atoms with Crippen LogP contribution in [0, 0.1) is 17.1 Å². The number of carbonyl (C=O) groups is 1. The Morgan fingerprint density at radius 1 is 1.15 bits per heavy atom. The minimum absolute atomic E-state index is 0.0883. The average molecular weight is 348 g/mol. The van der Waals surface area contributed by atoms with E-state index in [0.29, 0.717) is 11.9 Å². The van der Waals surface area contributed by atoms with Crippen LogP contribution in [-0.4, -0.2) is 6.29 Å². The molecule has 0 fully saturated rings. The number of halogens is 2. The lowest BCUT2D eigenvalue weighted by molar-refractivity contribution is -0.104. The standard InChI is InChI=1S/C21H14F2N2O/c1-12(11-26)21(23)20(15-3-4-16(9-24)18(22)8-15)13(2)14-5-6-19-17(7-14)10-25-19/h3-8,10-11H,1-2H3/b20-13+,21-12-. The largest absolute Gasteiger partial charge is 0.298 e. The van der Waals surface area contributed by atoms with Crippen molar-refractivity contribution in [2.45, 2.75) is 13.8 Å². The molecule has 3 rings (SSSR count). The lowest BCUT2D eigenvalue weighted by atomic mass is 9.92. The number of hydrogen-bond acceptors (Lipinski definition) is 3. The van der Waals surface area contributed by atoms with Gasteiger partial charge in [-0.25, -0.2) is 8.78 Å². The molecule has 0 bridgehead atoms. The molecule has 0 saturated carbocycles. The van der Waals surface area contributed by atoms with E-state index in [1.54, 1.807) is 25.3 Å².